The number of halogens is 1. The summed E-state index contributed by atoms with van der Waals surface area (Å²) in [6.07, 6.45) is 0. The number of nitrogens with one attached hydrogen (secondary N) is 1. The Morgan fingerprint density at radius 2 is 2.09 bits per heavy atom. The lowest BCUT2D eigenvalue weighted by Gasteiger charge is -2.10. The molecule has 22 heavy (non-hydrogen) atoms. The van der Waals surface area contributed by atoms with E-state index >= 15 is 0 Å². The monoisotopic (exact) mass is 408 g/mol. The first-order chi connectivity index (χ1) is 10.4. The summed E-state index contributed by atoms with van der Waals surface area (Å²) in [5.74, 6) is -0.370. The molecule has 0 saturated heterocycles. The highest BCUT2D eigenvalue weighted by atomic mass is 127. The fourth-order valence-electron chi connectivity index (χ4n) is 1.90. The van der Waals surface area contributed by atoms with E-state index in [1.807, 2.05) is 24.3 Å². The van der Waals surface area contributed by atoms with Crippen molar-refractivity contribution in [1.29, 1.82) is 5.26 Å². The summed E-state index contributed by atoms with van der Waals surface area (Å²) in [5.41, 5.74) is 1.24. The van der Waals surface area contributed by atoms with Crippen LogP contribution in [0, 0.1) is 28.7 Å². The van der Waals surface area contributed by atoms with E-state index < -0.39 is 5.56 Å². The van der Waals surface area contributed by atoms with Crippen LogP contribution in [0.4, 0.5) is 5.69 Å². The van der Waals surface area contributed by atoms with Crippen LogP contribution in [-0.4, -0.2) is 15.7 Å². The second-order valence-electron chi connectivity index (χ2n) is 4.69. The van der Waals surface area contributed by atoms with Crippen LogP contribution in [-0.2, 0) is 11.3 Å². The van der Waals surface area contributed by atoms with E-state index in [2.05, 4.69) is 33.0 Å². The molecule has 6 nitrogen and oxygen atoms in total. The number of aryl methyl sites for hydroxylation is 1. The van der Waals surface area contributed by atoms with Crippen molar-refractivity contribution in [3.05, 3.63) is 55.0 Å². The Balaban J connectivity index is 2.27. The van der Waals surface area contributed by atoms with Gasteiger partial charge in [-0.15, -0.1) is 0 Å². The lowest BCUT2D eigenvalue weighted by atomic mass is 10.1. The SMILES string of the molecule is Cc1nn(CC(=O)Nc2ccccc2I)c(=O)c(C#N)c1C. The van der Waals surface area contributed by atoms with Crippen molar-refractivity contribution in [2.75, 3.05) is 5.32 Å². The Morgan fingerprint density at radius 3 is 2.73 bits per heavy atom. The molecule has 7 heteroatoms. The maximum Gasteiger partial charge on any atom is 0.285 e. The van der Waals surface area contributed by atoms with E-state index in [0.29, 0.717) is 16.9 Å². The van der Waals surface area contributed by atoms with Crippen LogP contribution in [0.5, 0.6) is 0 Å². The fraction of sp³-hybridized carbons (Fsp3) is 0.200. The zero-order valence-electron chi connectivity index (χ0n) is 12.1. The number of carbonyl (C=O) groups is 1. The predicted octanol–water partition coefficient (Wildman–Crippen LogP) is 1.98. The summed E-state index contributed by atoms with van der Waals surface area (Å²) < 4.78 is 1.91. The van der Waals surface area contributed by atoms with Crippen LogP contribution in [0.1, 0.15) is 16.8 Å². The largest absolute Gasteiger partial charge is 0.324 e. The number of nitrogens with zero attached hydrogens (tertiary/aromatic N) is 3. The molecule has 112 valence electrons. The van der Waals surface area contributed by atoms with E-state index in [-0.39, 0.29) is 18.0 Å². The number of rotatable bonds is 3. The minimum Gasteiger partial charge on any atom is -0.324 e. The molecule has 2 aromatic rings. The van der Waals surface area contributed by atoms with Gasteiger partial charge >= 0.3 is 0 Å². The van der Waals surface area contributed by atoms with E-state index in [0.717, 1.165) is 8.25 Å². The Morgan fingerprint density at radius 1 is 1.41 bits per heavy atom. The van der Waals surface area contributed by atoms with E-state index in [1.165, 1.54) is 0 Å². The number of aromatic nitrogens is 2. The normalized spacial score (nSPS) is 10.1. The maximum atomic E-state index is 12.1. The molecule has 1 N–H and O–H groups in total. The topological polar surface area (TPSA) is 87.8 Å². The minimum atomic E-state index is -0.552. The van der Waals surface area contributed by atoms with Gasteiger partial charge in [-0.1, -0.05) is 12.1 Å². The second kappa shape index (κ2) is 6.70. The van der Waals surface area contributed by atoms with Gasteiger partial charge in [0.05, 0.1) is 11.4 Å². The third kappa shape index (κ3) is 3.33. The van der Waals surface area contributed by atoms with Gasteiger partial charge in [0, 0.05) is 3.57 Å². The van der Waals surface area contributed by atoms with Gasteiger partial charge in [-0.3, -0.25) is 9.59 Å². The van der Waals surface area contributed by atoms with E-state index in [1.54, 1.807) is 19.9 Å². The molecule has 0 aliphatic carbocycles. The molecule has 0 fully saturated rings. The van der Waals surface area contributed by atoms with Gasteiger partial charge in [-0.25, -0.2) is 4.68 Å². The zero-order chi connectivity index (χ0) is 16.3. The number of carbonyl (C=O) groups excluding carboxylic acids is 1. The number of para-hydroxylation sites is 1. The summed E-state index contributed by atoms with van der Waals surface area (Å²) in [4.78, 5) is 24.2. The third-order valence-electron chi connectivity index (χ3n) is 3.19. The number of anilines is 1. The van der Waals surface area contributed by atoms with Crippen molar-refractivity contribution >= 4 is 34.2 Å². The number of amides is 1. The van der Waals surface area contributed by atoms with Gasteiger partial charge in [0.1, 0.15) is 18.2 Å². The van der Waals surface area contributed by atoms with Crippen LogP contribution in [0.2, 0.25) is 0 Å². The Kier molecular flexibility index (Phi) is 4.92. The number of benzene rings is 1. The molecule has 1 aromatic heterocycles. The lowest BCUT2D eigenvalue weighted by molar-refractivity contribution is -0.117. The summed E-state index contributed by atoms with van der Waals surface area (Å²) >= 11 is 2.11. The summed E-state index contributed by atoms with van der Waals surface area (Å²) in [5, 5.41) is 15.9. The lowest BCUT2D eigenvalue weighted by Crippen LogP contribution is -2.32. The van der Waals surface area contributed by atoms with Crippen molar-refractivity contribution in [1.82, 2.24) is 9.78 Å². The van der Waals surface area contributed by atoms with Crippen molar-refractivity contribution < 1.29 is 4.79 Å². The quantitative estimate of drug-likeness (QED) is 0.787. The highest BCUT2D eigenvalue weighted by Crippen LogP contribution is 2.16. The van der Waals surface area contributed by atoms with Crippen LogP contribution < -0.4 is 10.9 Å². The van der Waals surface area contributed by atoms with Crippen molar-refractivity contribution in [3.63, 3.8) is 0 Å². The molecule has 1 heterocycles. The van der Waals surface area contributed by atoms with Gasteiger partial charge in [0.15, 0.2) is 0 Å². The molecular formula is C15H13IN4O2. The summed E-state index contributed by atoms with van der Waals surface area (Å²) in [7, 11) is 0. The van der Waals surface area contributed by atoms with Crippen molar-refractivity contribution in [2.24, 2.45) is 0 Å². The molecule has 0 saturated carbocycles. The highest BCUT2D eigenvalue weighted by Gasteiger charge is 2.14. The van der Waals surface area contributed by atoms with Gasteiger partial charge in [0.2, 0.25) is 5.91 Å². The van der Waals surface area contributed by atoms with Crippen LogP contribution in [0.3, 0.4) is 0 Å². The average molecular weight is 408 g/mol. The number of hydrogen-bond donors (Lipinski definition) is 1. The van der Waals surface area contributed by atoms with E-state index in [4.69, 9.17) is 5.26 Å². The molecule has 2 rings (SSSR count). The second-order valence-corrected chi connectivity index (χ2v) is 5.85. The summed E-state index contributed by atoms with van der Waals surface area (Å²) in [6, 6.07) is 9.19. The minimum absolute atomic E-state index is 0.0228. The molecule has 0 aliphatic rings. The molecule has 0 bridgehead atoms. The molecule has 1 amide bonds. The van der Waals surface area contributed by atoms with Crippen LogP contribution in [0.25, 0.3) is 0 Å². The molecule has 0 atom stereocenters. The van der Waals surface area contributed by atoms with Crippen LogP contribution in [0.15, 0.2) is 29.1 Å². The Labute approximate surface area is 140 Å². The van der Waals surface area contributed by atoms with Gasteiger partial charge < -0.3 is 5.32 Å². The fourth-order valence-corrected chi connectivity index (χ4v) is 2.42. The molecule has 0 aliphatic heterocycles. The first-order valence-corrected chi connectivity index (χ1v) is 7.54. The average Bonchev–Trinajstić information content (AvgIpc) is 2.48. The van der Waals surface area contributed by atoms with Gasteiger partial charge in [0.25, 0.3) is 5.56 Å². The highest BCUT2D eigenvalue weighted by molar-refractivity contribution is 14.1. The molecule has 0 spiro atoms. The molecular weight excluding hydrogens is 395 g/mol. The molecule has 1 aromatic carbocycles. The van der Waals surface area contributed by atoms with Crippen molar-refractivity contribution in [2.45, 2.75) is 20.4 Å². The predicted molar refractivity (Wildman–Crippen MR) is 90.5 cm³/mol. The maximum absolute atomic E-state index is 12.1. The molecule has 0 radical (unpaired) electrons. The Hall–Kier alpha value is -2.21. The first kappa shape index (κ1) is 16.2. The first-order valence-electron chi connectivity index (χ1n) is 6.47. The van der Waals surface area contributed by atoms with Gasteiger partial charge in [-0.05, 0) is 54.1 Å². The zero-order valence-corrected chi connectivity index (χ0v) is 14.2. The Bertz CT molecular complexity index is 836. The van der Waals surface area contributed by atoms with E-state index in [9.17, 15) is 9.59 Å². The summed E-state index contributed by atoms with van der Waals surface area (Å²) in [6.45, 7) is 3.13. The standard InChI is InChI=1S/C15H13IN4O2/c1-9-10(2)19-20(15(22)11(9)7-17)8-14(21)18-13-6-4-3-5-12(13)16/h3-6H,8H2,1-2H3,(H,18,21). The third-order valence-corrected chi connectivity index (χ3v) is 4.13. The van der Waals surface area contributed by atoms with Gasteiger partial charge in [-0.2, -0.15) is 10.4 Å². The number of hydrogen-bond acceptors (Lipinski definition) is 4. The van der Waals surface area contributed by atoms with Crippen molar-refractivity contribution in [3.8, 4) is 6.07 Å². The molecule has 0 unspecified atom stereocenters. The smallest absolute Gasteiger partial charge is 0.285 e. The number of nitriles is 1. The van der Waals surface area contributed by atoms with Crippen LogP contribution >= 0.6 is 22.6 Å².